The quantitative estimate of drug-likeness (QED) is 0.787. The van der Waals surface area contributed by atoms with Crippen LogP contribution in [-0.4, -0.2) is 60.5 Å². The van der Waals surface area contributed by atoms with Crippen LogP contribution in [0.1, 0.15) is 39.5 Å². The molecule has 0 radical (unpaired) electrons. The molecule has 2 fully saturated rings. The highest BCUT2D eigenvalue weighted by Crippen LogP contribution is 2.27. The number of ether oxygens (including phenoxy) is 1. The molecule has 0 aliphatic carbocycles. The number of hydrogen-bond donors (Lipinski definition) is 2. The summed E-state index contributed by atoms with van der Waals surface area (Å²) in [5.74, 6) is 0. The maximum atomic E-state index is 9.27. The molecule has 18 heavy (non-hydrogen) atoms. The highest BCUT2D eigenvalue weighted by Gasteiger charge is 2.36. The van der Waals surface area contributed by atoms with E-state index in [1.807, 2.05) is 0 Å². The summed E-state index contributed by atoms with van der Waals surface area (Å²) in [5, 5.41) is 12.8. The van der Waals surface area contributed by atoms with E-state index in [2.05, 4.69) is 24.1 Å². The van der Waals surface area contributed by atoms with Crippen molar-refractivity contribution in [2.75, 3.05) is 32.8 Å². The Morgan fingerprint density at radius 3 is 2.94 bits per heavy atom. The molecule has 2 heterocycles. The van der Waals surface area contributed by atoms with E-state index in [4.69, 9.17) is 4.74 Å². The summed E-state index contributed by atoms with van der Waals surface area (Å²) < 4.78 is 5.79. The van der Waals surface area contributed by atoms with Crippen LogP contribution >= 0.6 is 0 Å². The first kappa shape index (κ1) is 14.3. The maximum absolute atomic E-state index is 9.27. The molecule has 0 bridgehead atoms. The van der Waals surface area contributed by atoms with Gasteiger partial charge in [0.15, 0.2) is 0 Å². The lowest BCUT2D eigenvalue weighted by atomic mass is 9.95. The fourth-order valence-electron chi connectivity index (χ4n) is 3.22. The summed E-state index contributed by atoms with van der Waals surface area (Å²) in [5.41, 5.74) is 0.190. The fourth-order valence-corrected chi connectivity index (χ4v) is 3.22. The van der Waals surface area contributed by atoms with Crippen molar-refractivity contribution in [3.8, 4) is 0 Å². The minimum Gasteiger partial charge on any atom is -0.396 e. The van der Waals surface area contributed by atoms with Crippen molar-refractivity contribution in [1.29, 1.82) is 0 Å². The van der Waals surface area contributed by atoms with Crippen LogP contribution in [0.3, 0.4) is 0 Å². The molecule has 0 aromatic rings. The first-order valence-electron chi connectivity index (χ1n) is 7.33. The molecule has 0 aromatic heterocycles. The minimum atomic E-state index is 0.190. The minimum absolute atomic E-state index is 0.190. The Balaban J connectivity index is 2.05. The van der Waals surface area contributed by atoms with Gasteiger partial charge in [-0.2, -0.15) is 0 Å². The van der Waals surface area contributed by atoms with E-state index < -0.39 is 0 Å². The largest absolute Gasteiger partial charge is 0.396 e. The third kappa shape index (κ3) is 3.44. The molecule has 2 N–H and O–H groups in total. The summed E-state index contributed by atoms with van der Waals surface area (Å²) in [6.07, 6.45) is 4.78. The molecule has 106 valence electrons. The van der Waals surface area contributed by atoms with Crippen LogP contribution in [0, 0.1) is 0 Å². The van der Waals surface area contributed by atoms with E-state index in [9.17, 15) is 5.11 Å². The number of hydrogen-bond acceptors (Lipinski definition) is 4. The van der Waals surface area contributed by atoms with Gasteiger partial charge in [0.1, 0.15) is 0 Å². The van der Waals surface area contributed by atoms with Gasteiger partial charge in [-0.3, -0.25) is 4.90 Å². The summed E-state index contributed by atoms with van der Waals surface area (Å²) in [7, 11) is 0. The van der Waals surface area contributed by atoms with E-state index in [-0.39, 0.29) is 12.1 Å². The van der Waals surface area contributed by atoms with Crippen LogP contribution in [0.5, 0.6) is 0 Å². The molecule has 2 aliphatic rings. The summed E-state index contributed by atoms with van der Waals surface area (Å²) in [6, 6.07) is 0.427. The molecule has 0 saturated carbocycles. The normalized spacial score (nSPS) is 33.5. The summed E-state index contributed by atoms with van der Waals surface area (Å²) in [4.78, 5) is 2.57. The van der Waals surface area contributed by atoms with E-state index in [0.29, 0.717) is 12.1 Å². The summed E-state index contributed by atoms with van der Waals surface area (Å²) in [6.45, 7) is 8.89. The predicted octanol–water partition coefficient (Wildman–Crippen LogP) is 0.990. The second kappa shape index (κ2) is 6.33. The van der Waals surface area contributed by atoms with Crippen LogP contribution in [0.25, 0.3) is 0 Å². The van der Waals surface area contributed by atoms with Gasteiger partial charge in [-0.15, -0.1) is 0 Å². The molecule has 4 nitrogen and oxygen atoms in total. The smallest absolute Gasteiger partial charge is 0.0703 e. The van der Waals surface area contributed by atoms with Gasteiger partial charge in [-0.25, -0.2) is 0 Å². The van der Waals surface area contributed by atoms with Gasteiger partial charge in [-0.05, 0) is 46.1 Å². The number of rotatable bonds is 4. The van der Waals surface area contributed by atoms with Crippen molar-refractivity contribution in [2.24, 2.45) is 0 Å². The zero-order valence-corrected chi connectivity index (χ0v) is 11.8. The second-order valence-electron chi connectivity index (χ2n) is 6.22. The van der Waals surface area contributed by atoms with Gasteiger partial charge in [0.2, 0.25) is 0 Å². The second-order valence-corrected chi connectivity index (χ2v) is 6.22. The van der Waals surface area contributed by atoms with Crippen molar-refractivity contribution < 1.29 is 9.84 Å². The Morgan fingerprint density at radius 2 is 2.28 bits per heavy atom. The van der Waals surface area contributed by atoms with Gasteiger partial charge < -0.3 is 15.2 Å². The molecular formula is C14H28N2O2. The highest BCUT2D eigenvalue weighted by atomic mass is 16.5. The Morgan fingerprint density at radius 1 is 1.44 bits per heavy atom. The Hall–Kier alpha value is -0.160. The van der Waals surface area contributed by atoms with E-state index in [1.54, 1.807) is 0 Å². The van der Waals surface area contributed by atoms with E-state index in [0.717, 1.165) is 39.1 Å². The Labute approximate surface area is 111 Å². The number of aliphatic hydroxyl groups excluding tert-OH is 1. The molecule has 2 atom stereocenters. The third-order valence-corrected chi connectivity index (χ3v) is 4.40. The zero-order chi connectivity index (χ0) is 13.0. The summed E-state index contributed by atoms with van der Waals surface area (Å²) >= 11 is 0. The maximum Gasteiger partial charge on any atom is 0.0703 e. The predicted molar refractivity (Wildman–Crippen MR) is 72.7 cm³/mol. The average Bonchev–Trinajstić information content (AvgIpc) is 2.78. The van der Waals surface area contributed by atoms with Crippen molar-refractivity contribution >= 4 is 0 Å². The first-order valence-corrected chi connectivity index (χ1v) is 7.33. The van der Waals surface area contributed by atoms with Gasteiger partial charge in [0.05, 0.1) is 6.10 Å². The monoisotopic (exact) mass is 256 g/mol. The SMILES string of the molecule is CC1(C)CCNCC(CCO)N1CC1CCCO1. The fraction of sp³-hybridized carbons (Fsp3) is 1.00. The van der Waals surface area contributed by atoms with Crippen LogP contribution in [0.15, 0.2) is 0 Å². The topological polar surface area (TPSA) is 44.7 Å². The molecule has 2 rings (SSSR count). The number of nitrogens with one attached hydrogen (secondary N) is 1. The van der Waals surface area contributed by atoms with Crippen molar-refractivity contribution in [2.45, 2.75) is 57.2 Å². The highest BCUT2D eigenvalue weighted by molar-refractivity contribution is 4.92. The molecule has 0 aromatic carbocycles. The van der Waals surface area contributed by atoms with Gasteiger partial charge >= 0.3 is 0 Å². The standard InChI is InChI=1S/C14H28N2O2/c1-14(2)6-7-15-10-12(5-8-17)16(14)11-13-4-3-9-18-13/h12-13,15,17H,3-11H2,1-2H3. The van der Waals surface area contributed by atoms with Gasteiger partial charge in [-0.1, -0.05) is 0 Å². The van der Waals surface area contributed by atoms with Gasteiger partial charge in [0, 0.05) is 37.9 Å². The molecule has 4 heteroatoms. The molecule has 2 unspecified atom stereocenters. The molecule has 2 aliphatic heterocycles. The molecule has 0 spiro atoms. The van der Waals surface area contributed by atoms with Crippen molar-refractivity contribution in [3.05, 3.63) is 0 Å². The Bertz CT molecular complexity index is 252. The van der Waals surface area contributed by atoms with Crippen molar-refractivity contribution in [1.82, 2.24) is 10.2 Å². The van der Waals surface area contributed by atoms with Crippen LogP contribution in [0.2, 0.25) is 0 Å². The lowest BCUT2D eigenvalue weighted by molar-refractivity contribution is 0.00401. The molecule has 0 amide bonds. The van der Waals surface area contributed by atoms with E-state index >= 15 is 0 Å². The van der Waals surface area contributed by atoms with Crippen molar-refractivity contribution in [3.63, 3.8) is 0 Å². The number of nitrogens with zero attached hydrogens (tertiary/aromatic N) is 1. The third-order valence-electron chi connectivity index (χ3n) is 4.40. The lowest BCUT2D eigenvalue weighted by Crippen LogP contribution is -2.53. The van der Waals surface area contributed by atoms with Crippen LogP contribution in [-0.2, 0) is 4.74 Å². The number of aliphatic hydroxyl groups is 1. The average molecular weight is 256 g/mol. The lowest BCUT2D eigenvalue weighted by Gasteiger charge is -2.43. The molecule has 2 saturated heterocycles. The zero-order valence-electron chi connectivity index (χ0n) is 11.8. The van der Waals surface area contributed by atoms with Gasteiger partial charge in [0.25, 0.3) is 0 Å². The first-order chi connectivity index (χ1) is 8.63. The van der Waals surface area contributed by atoms with Crippen LogP contribution < -0.4 is 5.32 Å². The van der Waals surface area contributed by atoms with Crippen LogP contribution in [0.4, 0.5) is 0 Å². The Kier molecular flexibility index (Phi) is 5.01. The van der Waals surface area contributed by atoms with E-state index in [1.165, 1.54) is 12.8 Å². The molecular weight excluding hydrogens is 228 g/mol.